The van der Waals surface area contributed by atoms with Crippen LogP contribution in [0.2, 0.25) is 0 Å². The van der Waals surface area contributed by atoms with Gasteiger partial charge in [0, 0.05) is 0 Å². The van der Waals surface area contributed by atoms with Crippen molar-refractivity contribution in [3.8, 4) is 0 Å². The van der Waals surface area contributed by atoms with Crippen LogP contribution in [0.1, 0.15) is 26.7 Å². The predicted molar refractivity (Wildman–Crippen MR) is 49.3 cm³/mol. The fourth-order valence-corrected chi connectivity index (χ4v) is 1.10. The van der Waals surface area contributed by atoms with E-state index in [9.17, 15) is 10.2 Å². The molecular weight excluding hydrogens is 172 g/mol. The summed E-state index contributed by atoms with van der Waals surface area (Å²) in [6.45, 7) is 3.14. The summed E-state index contributed by atoms with van der Waals surface area (Å²) in [5.74, 6) is -0.216. The molecule has 13 heavy (non-hydrogen) atoms. The van der Waals surface area contributed by atoms with Crippen LogP contribution in [0.25, 0.3) is 0 Å². The summed E-state index contributed by atoms with van der Waals surface area (Å²) in [6.07, 6.45) is -1.44. The third kappa shape index (κ3) is 3.34. The monoisotopic (exact) mass is 190 g/mol. The second-order valence-electron chi connectivity index (χ2n) is 2.89. The zero-order chi connectivity index (χ0) is 10.4. The van der Waals surface area contributed by atoms with Crippen molar-refractivity contribution in [2.45, 2.75) is 38.9 Å². The molecule has 0 spiro atoms. The minimum atomic E-state index is -1.38. The van der Waals surface area contributed by atoms with Crippen molar-refractivity contribution < 1.29 is 20.4 Å². The molecule has 4 N–H and O–H groups in total. The van der Waals surface area contributed by atoms with Crippen LogP contribution in [0.3, 0.4) is 0 Å². The lowest BCUT2D eigenvalue weighted by atomic mass is 10.0. The van der Waals surface area contributed by atoms with Crippen molar-refractivity contribution in [2.75, 3.05) is 6.61 Å². The van der Waals surface area contributed by atoms with Gasteiger partial charge in [0.2, 0.25) is 0 Å². The summed E-state index contributed by atoms with van der Waals surface area (Å²) in [6, 6.07) is 0. The Morgan fingerprint density at radius 2 is 1.62 bits per heavy atom. The van der Waals surface area contributed by atoms with Crippen LogP contribution in [0.15, 0.2) is 11.3 Å². The van der Waals surface area contributed by atoms with Crippen molar-refractivity contribution in [1.82, 2.24) is 0 Å². The summed E-state index contributed by atoms with van der Waals surface area (Å²) in [5, 5.41) is 36.3. The van der Waals surface area contributed by atoms with Gasteiger partial charge in [-0.1, -0.05) is 13.8 Å². The molecule has 0 bridgehead atoms. The Labute approximate surface area is 78.1 Å². The van der Waals surface area contributed by atoms with E-state index in [4.69, 9.17) is 10.2 Å². The molecule has 0 aromatic rings. The number of hydrogen-bond acceptors (Lipinski definition) is 4. The molecule has 2 atom stereocenters. The molecule has 0 aliphatic carbocycles. The fourth-order valence-electron chi connectivity index (χ4n) is 1.10. The Morgan fingerprint density at radius 1 is 1.15 bits per heavy atom. The van der Waals surface area contributed by atoms with E-state index in [0.717, 1.165) is 0 Å². The van der Waals surface area contributed by atoms with Crippen molar-refractivity contribution in [2.24, 2.45) is 0 Å². The number of rotatable bonds is 5. The molecular formula is C9H18O4. The van der Waals surface area contributed by atoms with Gasteiger partial charge in [-0.25, -0.2) is 0 Å². The Kier molecular flexibility index (Phi) is 5.70. The van der Waals surface area contributed by atoms with Crippen molar-refractivity contribution in [3.05, 3.63) is 11.3 Å². The SMILES string of the molecule is CCC(CC)=C(O)[C@@H](O)[C@H](O)CO. The molecule has 0 fully saturated rings. The van der Waals surface area contributed by atoms with Crippen LogP contribution < -0.4 is 0 Å². The van der Waals surface area contributed by atoms with Crippen molar-refractivity contribution in [3.63, 3.8) is 0 Å². The van der Waals surface area contributed by atoms with E-state index in [-0.39, 0.29) is 5.76 Å². The third-order valence-electron chi connectivity index (χ3n) is 2.05. The van der Waals surface area contributed by atoms with Crippen molar-refractivity contribution >= 4 is 0 Å². The Morgan fingerprint density at radius 3 is 1.92 bits per heavy atom. The highest BCUT2D eigenvalue weighted by Crippen LogP contribution is 2.15. The lowest BCUT2D eigenvalue weighted by Gasteiger charge is -2.17. The van der Waals surface area contributed by atoms with Gasteiger partial charge < -0.3 is 20.4 Å². The molecule has 78 valence electrons. The second kappa shape index (κ2) is 5.96. The maximum Gasteiger partial charge on any atom is 0.139 e. The minimum absolute atomic E-state index is 0.216. The first-order valence-corrected chi connectivity index (χ1v) is 4.46. The number of aliphatic hydroxyl groups excluding tert-OH is 4. The van der Waals surface area contributed by atoms with Crippen LogP contribution >= 0.6 is 0 Å². The van der Waals surface area contributed by atoms with Gasteiger partial charge in [0.25, 0.3) is 0 Å². The molecule has 4 heteroatoms. The van der Waals surface area contributed by atoms with Gasteiger partial charge in [-0.15, -0.1) is 0 Å². The van der Waals surface area contributed by atoms with Gasteiger partial charge in [0.1, 0.15) is 18.0 Å². The van der Waals surface area contributed by atoms with Gasteiger partial charge in [0.05, 0.1) is 6.61 Å². The summed E-state index contributed by atoms with van der Waals surface area (Å²) in [7, 11) is 0. The number of hydrogen-bond donors (Lipinski definition) is 4. The lowest BCUT2D eigenvalue weighted by molar-refractivity contribution is -0.0145. The Bertz CT molecular complexity index is 170. The smallest absolute Gasteiger partial charge is 0.139 e. The zero-order valence-electron chi connectivity index (χ0n) is 8.06. The molecule has 0 aromatic carbocycles. The molecule has 0 unspecified atom stereocenters. The molecule has 0 rings (SSSR count). The van der Waals surface area contributed by atoms with Crippen LogP contribution in [-0.4, -0.2) is 39.2 Å². The normalized spacial score (nSPS) is 15.2. The molecule has 0 aliphatic rings. The third-order valence-corrected chi connectivity index (χ3v) is 2.05. The lowest BCUT2D eigenvalue weighted by Crippen LogP contribution is -2.31. The first kappa shape index (κ1) is 12.4. The molecule has 0 aliphatic heterocycles. The maximum absolute atomic E-state index is 9.44. The van der Waals surface area contributed by atoms with Crippen LogP contribution in [0, 0.1) is 0 Å². The predicted octanol–water partition coefficient (Wildman–Crippen LogP) is 0.333. The standard InChI is InChI=1S/C9H18O4/c1-3-6(4-2)8(12)9(13)7(11)5-10/h7,9-13H,3-5H2,1-2H3/t7-,9+/m1/s1. The van der Waals surface area contributed by atoms with Crippen LogP contribution in [0.5, 0.6) is 0 Å². The molecule has 4 nitrogen and oxygen atoms in total. The highest BCUT2D eigenvalue weighted by atomic mass is 16.4. The van der Waals surface area contributed by atoms with E-state index in [0.29, 0.717) is 18.4 Å². The average Bonchev–Trinajstić information content (AvgIpc) is 2.17. The zero-order valence-corrected chi connectivity index (χ0v) is 8.06. The molecule has 0 heterocycles. The summed E-state index contributed by atoms with van der Waals surface area (Å²) in [4.78, 5) is 0. The van der Waals surface area contributed by atoms with Crippen LogP contribution in [-0.2, 0) is 0 Å². The van der Waals surface area contributed by atoms with Gasteiger partial charge in [-0.05, 0) is 18.4 Å². The molecule has 0 saturated heterocycles. The van der Waals surface area contributed by atoms with Crippen molar-refractivity contribution in [1.29, 1.82) is 0 Å². The summed E-state index contributed by atoms with van der Waals surface area (Å²) >= 11 is 0. The highest BCUT2D eigenvalue weighted by Gasteiger charge is 2.21. The first-order valence-electron chi connectivity index (χ1n) is 4.46. The fraction of sp³-hybridized carbons (Fsp3) is 0.778. The van der Waals surface area contributed by atoms with Gasteiger partial charge in [-0.3, -0.25) is 0 Å². The first-order chi connectivity index (χ1) is 6.08. The van der Waals surface area contributed by atoms with E-state index in [1.54, 1.807) is 0 Å². The van der Waals surface area contributed by atoms with Gasteiger partial charge in [-0.2, -0.15) is 0 Å². The minimum Gasteiger partial charge on any atom is -0.509 e. The Balaban J connectivity index is 4.53. The van der Waals surface area contributed by atoms with E-state index >= 15 is 0 Å². The average molecular weight is 190 g/mol. The summed E-state index contributed by atoms with van der Waals surface area (Å²) < 4.78 is 0. The Hall–Kier alpha value is -0.580. The molecule has 0 radical (unpaired) electrons. The highest BCUT2D eigenvalue weighted by molar-refractivity contribution is 5.11. The quantitative estimate of drug-likeness (QED) is 0.471. The van der Waals surface area contributed by atoms with E-state index in [1.807, 2.05) is 13.8 Å². The largest absolute Gasteiger partial charge is 0.509 e. The summed E-state index contributed by atoms with van der Waals surface area (Å²) in [5.41, 5.74) is 0.694. The maximum atomic E-state index is 9.44. The van der Waals surface area contributed by atoms with E-state index in [2.05, 4.69) is 0 Å². The molecule has 0 saturated carbocycles. The van der Waals surface area contributed by atoms with Gasteiger partial charge >= 0.3 is 0 Å². The number of aliphatic hydroxyl groups is 4. The number of allylic oxidation sites excluding steroid dienone is 1. The topological polar surface area (TPSA) is 80.9 Å². The van der Waals surface area contributed by atoms with Crippen LogP contribution in [0.4, 0.5) is 0 Å². The van der Waals surface area contributed by atoms with E-state index < -0.39 is 18.8 Å². The second-order valence-corrected chi connectivity index (χ2v) is 2.89. The molecule has 0 amide bonds. The molecule has 0 aromatic heterocycles. The van der Waals surface area contributed by atoms with Gasteiger partial charge in [0.15, 0.2) is 0 Å². The van der Waals surface area contributed by atoms with E-state index in [1.165, 1.54) is 0 Å².